The maximum atomic E-state index is 12.0. The molecule has 0 bridgehead atoms. The van der Waals surface area contributed by atoms with Crippen LogP contribution in [0.1, 0.15) is 18.2 Å². The number of hydrogen-bond acceptors (Lipinski definition) is 6. The third-order valence-electron chi connectivity index (χ3n) is 2.89. The van der Waals surface area contributed by atoms with Gasteiger partial charge in [-0.3, -0.25) is 9.59 Å². The van der Waals surface area contributed by atoms with Gasteiger partial charge in [-0.1, -0.05) is 17.8 Å². The second kappa shape index (κ2) is 9.19. The standard InChI is InChI=1S/C16H17BrN2O3S2/c1-3-22-15(21)7-11-8-23-16(18-11)24-9-14(20)19-13-5-4-10(2)6-12(13)17/h4-6,8H,3,7,9H2,1-2H3,(H,19,20). The van der Waals surface area contributed by atoms with E-state index in [9.17, 15) is 9.59 Å². The molecule has 5 nitrogen and oxygen atoms in total. The summed E-state index contributed by atoms with van der Waals surface area (Å²) in [7, 11) is 0. The van der Waals surface area contributed by atoms with Crippen LogP contribution in [0.15, 0.2) is 32.4 Å². The number of aromatic nitrogens is 1. The average Bonchev–Trinajstić information content (AvgIpc) is 2.96. The smallest absolute Gasteiger partial charge is 0.311 e. The maximum Gasteiger partial charge on any atom is 0.311 e. The minimum absolute atomic E-state index is 0.105. The molecule has 2 aromatic rings. The highest BCUT2D eigenvalue weighted by molar-refractivity contribution is 9.10. The van der Waals surface area contributed by atoms with E-state index in [4.69, 9.17) is 4.74 Å². The molecule has 8 heteroatoms. The minimum Gasteiger partial charge on any atom is -0.466 e. The summed E-state index contributed by atoms with van der Waals surface area (Å²) >= 11 is 6.20. The van der Waals surface area contributed by atoms with Crippen molar-refractivity contribution in [3.8, 4) is 0 Å². The van der Waals surface area contributed by atoms with E-state index in [-0.39, 0.29) is 24.1 Å². The van der Waals surface area contributed by atoms with Crippen LogP contribution in [0, 0.1) is 6.92 Å². The van der Waals surface area contributed by atoms with Gasteiger partial charge in [0.25, 0.3) is 0 Å². The van der Waals surface area contributed by atoms with Crippen LogP contribution in [-0.4, -0.2) is 29.2 Å². The molecule has 128 valence electrons. The van der Waals surface area contributed by atoms with Crippen molar-refractivity contribution in [1.29, 1.82) is 0 Å². The van der Waals surface area contributed by atoms with E-state index in [1.165, 1.54) is 23.1 Å². The summed E-state index contributed by atoms with van der Waals surface area (Å²) in [4.78, 5) is 27.8. The molecule has 0 fully saturated rings. The van der Waals surface area contributed by atoms with Crippen molar-refractivity contribution in [2.24, 2.45) is 0 Å². The van der Waals surface area contributed by atoms with Gasteiger partial charge in [0.15, 0.2) is 4.34 Å². The van der Waals surface area contributed by atoms with Crippen molar-refractivity contribution in [1.82, 2.24) is 4.98 Å². The van der Waals surface area contributed by atoms with Crippen LogP contribution in [0.25, 0.3) is 0 Å². The summed E-state index contributed by atoms with van der Waals surface area (Å²) in [5.41, 5.74) is 2.53. The van der Waals surface area contributed by atoms with Gasteiger partial charge in [0, 0.05) is 9.85 Å². The predicted octanol–water partition coefficient (Wildman–Crippen LogP) is 4.05. The Bertz CT molecular complexity index is 734. The molecule has 0 aliphatic heterocycles. The van der Waals surface area contributed by atoms with Crippen LogP contribution in [0.5, 0.6) is 0 Å². The highest BCUT2D eigenvalue weighted by Gasteiger charge is 2.11. The number of rotatable bonds is 7. The minimum atomic E-state index is -0.290. The summed E-state index contributed by atoms with van der Waals surface area (Å²) in [5, 5.41) is 4.67. The Morgan fingerprint density at radius 3 is 2.92 bits per heavy atom. The monoisotopic (exact) mass is 428 g/mol. The first-order valence-electron chi connectivity index (χ1n) is 7.26. The van der Waals surface area contributed by atoms with E-state index in [0.717, 1.165) is 20.1 Å². The second-order valence-electron chi connectivity index (χ2n) is 4.91. The number of benzene rings is 1. The average molecular weight is 429 g/mol. The summed E-state index contributed by atoms with van der Waals surface area (Å²) in [6.07, 6.45) is 0.160. The molecule has 24 heavy (non-hydrogen) atoms. The molecule has 0 aliphatic rings. The van der Waals surface area contributed by atoms with Gasteiger partial charge in [-0.05, 0) is 47.5 Å². The lowest BCUT2D eigenvalue weighted by molar-refractivity contribution is -0.142. The zero-order chi connectivity index (χ0) is 17.5. The quantitative estimate of drug-likeness (QED) is 0.531. The van der Waals surface area contributed by atoms with Crippen LogP contribution >= 0.6 is 39.0 Å². The lowest BCUT2D eigenvalue weighted by Crippen LogP contribution is -2.14. The van der Waals surface area contributed by atoms with Crippen LogP contribution in [0.2, 0.25) is 0 Å². The predicted molar refractivity (Wildman–Crippen MR) is 101 cm³/mol. The molecule has 2 rings (SSSR count). The fourth-order valence-corrected chi connectivity index (χ4v) is 4.07. The number of amides is 1. The van der Waals surface area contributed by atoms with Gasteiger partial charge < -0.3 is 10.1 Å². The van der Waals surface area contributed by atoms with Crippen LogP contribution in [0.4, 0.5) is 5.69 Å². The maximum absolute atomic E-state index is 12.0. The Labute approximate surface area is 157 Å². The Hall–Kier alpha value is -1.38. The number of esters is 1. The number of aryl methyl sites for hydroxylation is 1. The van der Waals surface area contributed by atoms with E-state index in [1.807, 2.05) is 30.5 Å². The van der Waals surface area contributed by atoms with Gasteiger partial charge in [0.2, 0.25) is 5.91 Å². The second-order valence-corrected chi connectivity index (χ2v) is 7.84. The number of anilines is 1. The van der Waals surface area contributed by atoms with Crippen molar-refractivity contribution in [2.75, 3.05) is 17.7 Å². The Morgan fingerprint density at radius 1 is 1.42 bits per heavy atom. The molecular formula is C16H17BrN2O3S2. The van der Waals surface area contributed by atoms with Gasteiger partial charge >= 0.3 is 5.97 Å². The Kier molecular flexibility index (Phi) is 7.26. The zero-order valence-electron chi connectivity index (χ0n) is 13.3. The van der Waals surface area contributed by atoms with Gasteiger partial charge in [-0.15, -0.1) is 11.3 Å². The van der Waals surface area contributed by atoms with Gasteiger partial charge in [-0.25, -0.2) is 4.98 Å². The van der Waals surface area contributed by atoms with Gasteiger partial charge in [-0.2, -0.15) is 0 Å². The van der Waals surface area contributed by atoms with Gasteiger partial charge in [0.1, 0.15) is 0 Å². The van der Waals surface area contributed by atoms with E-state index in [2.05, 4.69) is 26.2 Å². The van der Waals surface area contributed by atoms with Crippen molar-refractivity contribution in [3.63, 3.8) is 0 Å². The molecule has 0 saturated carbocycles. The van der Waals surface area contributed by atoms with E-state index < -0.39 is 0 Å². The fraction of sp³-hybridized carbons (Fsp3) is 0.312. The molecule has 1 aromatic heterocycles. The van der Waals surface area contributed by atoms with E-state index >= 15 is 0 Å². The van der Waals surface area contributed by atoms with Gasteiger partial charge in [0.05, 0.1) is 30.2 Å². The molecule has 0 aliphatic carbocycles. The lowest BCUT2D eigenvalue weighted by atomic mass is 10.2. The number of hydrogen-bond donors (Lipinski definition) is 1. The van der Waals surface area contributed by atoms with E-state index in [1.54, 1.807) is 6.92 Å². The number of thioether (sulfide) groups is 1. The number of carbonyl (C=O) groups excluding carboxylic acids is 2. The van der Waals surface area contributed by atoms with Crippen molar-refractivity contribution in [2.45, 2.75) is 24.6 Å². The zero-order valence-corrected chi connectivity index (χ0v) is 16.5. The van der Waals surface area contributed by atoms with Crippen LogP contribution < -0.4 is 5.32 Å². The number of nitrogens with zero attached hydrogens (tertiary/aromatic N) is 1. The summed E-state index contributed by atoms with van der Waals surface area (Å²) in [6, 6.07) is 5.75. The normalized spacial score (nSPS) is 10.5. The van der Waals surface area contributed by atoms with Crippen molar-refractivity contribution in [3.05, 3.63) is 39.3 Å². The molecule has 1 heterocycles. The first-order chi connectivity index (χ1) is 11.5. The fourth-order valence-electron chi connectivity index (χ4n) is 1.83. The molecular weight excluding hydrogens is 412 g/mol. The number of thiazole rings is 1. The Morgan fingerprint density at radius 2 is 2.21 bits per heavy atom. The Balaban J connectivity index is 1.83. The summed E-state index contributed by atoms with van der Waals surface area (Å²) < 4.78 is 6.50. The van der Waals surface area contributed by atoms with Crippen molar-refractivity contribution < 1.29 is 14.3 Å². The first-order valence-corrected chi connectivity index (χ1v) is 9.92. The number of ether oxygens (including phenoxy) is 1. The molecule has 1 aromatic carbocycles. The first kappa shape index (κ1) is 19.0. The molecule has 0 unspecified atom stereocenters. The molecule has 0 spiro atoms. The molecule has 1 amide bonds. The summed E-state index contributed by atoms with van der Waals surface area (Å²) in [6.45, 7) is 4.12. The topological polar surface area (TPSA) is 68.3 Å². The lowest BCUT2D eigenvalue weighted by Gasteiger charge is -2.07. The molecule has 0 saturated heterocycles. The molecule has 0 atom stereocenters. The third-order valence-corrected chi connectivity index (χ3v) is 5.61. The SMILES string of the molecule is CCOC(=O)Cc1csc(SCC(=O)Nc2ccc(C)cc2Br)n1. The third kappa shape index (κ3) is 5.92. The van der Waals surface area contributed by atoms with E-state index in [0.29, 0.717) is 12.3 Å². The van der Waals surface area contributed by atoms with Crippen molar-refractivity contribution >= 4 is 56.6 Å². The summed E-state index contributed by atoms with van der Waals surface area (Å²) in [5.74, 6) is -0.139. The highest BCUT2D eigenvalue weighted by atomic mass is 79.9. The highest BCUT2D eigenvalue weighted by Crippen LogP contribution is 2.25. The van der Waals surface area contributed by atoms with Crippen LogP contribution in [0.3, 0.4) is 0 Å². The number of carbonyl (C=O) groups is 2. The largest absolute Gasteiger partial charge is 0.466 e. The number of halogens is 1. The molecule has 1 N–H and O–H groups in total. The molecule has 0 radical (unpaired) electrons. The van der Waals surface area contributed by atoms with Crippen LogP contribution in [-0.2, 0) is 20.7 Å². The number of nitrogens with one attached hydrogen (secondary N) is 1.